The predicted molar refractivity (Wildman–Crippen MR) is 134 cm³/mol. The van der Waals surface area contributed by atoms with E-state index in [4.69, 9.17) is 14.1 Å². The number of rotatable bonds is 4. The smallest absolute Gasteiger partial charge is 0.247 e. The van der Waals surface area contributed by atoms with Crippen molar-refractivity contribution in [2.24, 2.45) is 4.99 Å². The number of ether oxygens (including phenoxy) is 1. The van der Waals surface area contributed by atoms with Crippen LogP contribution in [0, 0.1) is 5.82 Å². The van der Waals surface area contributed by atoms with Crippen LogP contribution in [0.1, 0.15) is 50.8 Å². The van der Waals surface area contributed by atoms with Gasteiger partial charge in [0, 0.05) is 49.6 Å². The second-order valence-electron chi connectivity index (χ2n) is 10.1. The van der Waals surface area contributed by atoms with Crippen molar-refractivity contribution in [2.75, 3.05) is 32.1 Å². The summed E-state index contributed by atoms with van der Waals surface area (Å²) in [4.78, 5) is 8.24. The van der Waals surface area contributed by atoms with E-state index >= 15 is 0 Å². The van der Waals surface area contributed by atoms with Crippen molar-refractivity contribution in [2.45, 2.75) is 56.5 Å². The van der Waals surface area contributed by atoms with Gasteiger partial charge in [-0.3, -0.25) is 4.21 Å². The first kappa shape index (κ1) is 23.6. The fourth-order valence-corrected chi connectivity index (χ4v) is 7.18. The van der Waals surface area contributed by atoms with E-state index in [-0.39, 0.29) is 11.7 Å². The van der Waals surface area contributed by atoms with Gasteiger partial charge in [0.1, 0.15) is 11.6 Å². The number of nitrogens with zero attached hydrogens (tertiary/aromatic N) is 4. The van der Waals surface area contributed by atoms with Crippen molar-refractivity contribution in [3.8, 4) is 11.5 Å². The van der Waals surface area contributed by atoms with Crippen molar-refractivity contribution in [1.82, 2.24) is 25.7 Å². The Kier molecular flexibility index (Phi) is 6.28. The molecule has 6 rings (SSSR count). The zero-order valence-electron chi connectivity index (χ0n) is 20.3. The van der Waals surface area contributed by atoms with Gasteiger partial charge in [-0.1, -0.05) is 0 Å². The van der Waals surface area contributed by atoms with Gasteiger partial charge in [-0.25, -0.2) is 9.38 Å². The lowest BCUT2D eigenvalue weighted by atomic mass is 9.96. The molecule has 2 atom stereocenters. The normalized spacial score (nSPS) is 27.6. The monoisotopic (exact) mass is 514 g/mol. The molecule has 5 heterocycles. The van der Waals surface area contributed by atoms with Crippen LogP contribution in [0.25, 0.3) is 11.5 Å². The summed E-state index contributed by atoms with van der Waals surface area (Å²) in [6.07, 6.45) is 4.36. The zero-order chi connectivity index (χ0) is 24.7. The van der Waals surface area contributed by atoms with E-state index in [1.807, 2.05) is 0 Å². The Balaban J connectivity index is 1.14. The SMILES string of the molecule is CC12CCS(=O)C1=C(NC1CCOCC1)NC(N1CCC(c3nnc(-c4ccc(F)cc4)o3)CC1)=N2. The maximum Gasteiger partial charge on any atom is 0.247 e. The number of nitrogens with one attached hydrogen (secondary N) is 2. The van der Waals surface area contributed by atoms with Gasteiger partial charge in [0.2, 0.25) is 17.7 Å². The highest BCUT2D eigenvalue weighted by molar-refractivity contribution is 7.89. The molecule has 192 valence electrons. The van der Waals surface area contributed by atoms with Crippen LogP contribution >= 0.6 is 0 Å². The minimum absolute atomic E-state index is 0.160. The van der Waals surface area contributed by atoms with Gasteiger partial charge in [0.25, 0.3) is 0 Å². The Bertz CT molecular complexity index is 1200. The topological polar surface area (TPSA) is 105 Å². The number of halogens is 1. The molecule has 3 saturated heterocycles. The number of likely N-dealkylation sites (tertiary alicyclic amines) is 1. The van der Waals surface area contributed by atoms with E-state index in [0.29, 0.717) is 29.1 Å². The first-order chi connectivity index (χ1) is 17.5. The molecule has 36 heavy (non-hydrogen) atoms. The standard InChI is InChI=1S/C25H31FN6O3S/c1-25-10-15-36(33)20(25)21(27-19-8-13-34-14-9-19)28-24(29-25)32-11-6-17(7-12-32)23-31-30-22(35-23)16-2-4-18(26)5-3-16/h2-5,17,19,27H,6-15H2,1H3,(H,28,29). The third kappa shape index (κ3) is 4.54. The predicted octanol–water partition coefficient (Wildman–Crippen LogP) is 2.86. The zero-order valence-corrected chi connectivity index (χ0v) is 21.2. The molecule has 4 aliphatic rings. The Labute approximate surface area is 212 Å². The van der Waals surface area contributed by atoms with Crippen molar-refractivity contribution in [3.63, 3.8) is 0 Å². The molecule has 2 N–H and O–H groups in total. The highest BCUT2D eigenvalue weighted by Gasteiger charge is 2.45. The van der Waals surface area contributed by atoms with Crippen molar-refractivity contribution in [3.05, 3.63) is 46.7 Å². The van der Waals surface area contributed by atoms with Gasteiger partial charge >= 0.3 is 0 Å². The highest BCUT2D eigenvalue weighted by atomic mass is 32.2. The molecule has 0 saturated carbocycles. The van der Waals surface area contributed by atoms with Gasteiger partial charge in [0.15, 0.2) is 0 Å². The molecule has 2 unspecified atom stereocenters. The largest absolute Gasteiger partial charge is 0.420 e. The molecule has 0 aliphatic carbocycles. The van der Waals surface area contributed by atoms with Crippen LogP contribution in [0.15, 0.2) is 44.4 Å². The van der Waals surface area contributed by atoms with E-state index in [9.17, 15) is 8.60 Å². The number of hydrogen-bond donors (Lipinski definition) is 2. The van der Waals surface area contributed by atoms with E-state index in [1.165, 1.54) is 12.1 Å². The van der Waals surface area contributed by atoms with E-state index in [2.05, 4.69) is 32.7 Å². The summed E-state index contributed by atoms with van der Waals surface area (Å²) in [6.45, 7) is 5.18. The van der Waals surface area contributed by atoms with E-state index < -0.39 is 16.3 Å². The molecule has 4 aliphatic heterocycles. The Hall–Kier alpha value is -2.79. The average Bonchev–Trinajstić information content (AvgIpc) is 3.50. The molecule has 0 bridgehead atoms. The van der Waals surface area contributed by atoms with Crippen molar-refractivity contribution in [1.29, 1.82) is 0 Å². The molecule has 0 radical (unpaired) electrons. The molecule has 1 aromatic heterocycles. The summed E-state index contributed by atoms with van der Waals surface area (Å²) in [7, 11) is -1.03. The fourth-order valence-electron chi connectivity index (χ4n) is 5.42. The first-order valence-corrected chi connectivity index (χ1v) is 14.0. The van der Waals surface area contributed by atoms with E-state index in [0.717, 1.165) is 75.1 Å². The first-order valence-electron chi connectivity index (χ1n) is 12.7. The minimum atomic E-state index is -1.03. The second-order valence-corrected chi connectivity index (χ2v) is 11.6. The Morgan fingerprint density at radius 1 is 1.14 bits per heavy atom. The summed E-state index contributed by atoms with van der Waals surface area (Å²) >= 11 is 0. The van der Waals surface area contributed by atoms with Gasteiger partial charge in [0.05, 0.1) is 21.2 Å². The van der Waals surface area contributed by atoms with Crippen LogP contribution in [0.2, 0.25) is 0 Å². The minimum Gasteiger partial charge on any atom is -0.420 e. The molecule has 9 nitrogen and oxygen atoms in total. The number of fused-ring (bicyclic) bond motifs is 1. The molecule has 0 spiro atoms. The second kappa shape index (κ2) is 9.59. The number of benzene rings is 1. The summed E-state index contributed by atoms with van der Waals surface area (Å²) in [5.41, 5.74) is 0.259. The number of hydrogen-bond acceptors (Lipinski definition) is 9. The summed E-state index contributed by atoms with van der Waals surface area (Å²) in [6, 6.07) is 6.37. The lowest BCUT2D eigenvalue weighted by Gasteiger charge is -2.39. The molecule has 0 amide bonds. The van der Waals surface area contributed by atoms with Gasteiger partial charge in [-0.05, 0) is 63.3 Å². The Morgan fingerprint density at radius 2 is 1.89 bits per heavy atom. The Morgan fingerprint density at radius 3 is 2.64 bits per heavy atom. The highest BCUT2D eigenvalue weighted by Crippen LogP contribution is 2.39. The van der Waals surface area contributed by atoms with Gasteiger partial charge < -0.3 is 24.7 Å². The lowest BCUT2D eigenvalue weighted by molar-refractivity contribution is 0.0799. The van der Waals surface area contributed by atoms with Crippen LogP contribution in [-0.2, 0) is 15.5 Å². The van der Waals surface area contributed by atoms with Crippen LogP contribution in [0.3, 0.4) is 0 Å². The van der Waals surface area contributed by atoms with Crippen molar-refractivity contribution >= 4 is 16.8 Å². The molecular formula is C25H31FN6O3S. The molecular weight excluding hydrogens is 483 g/mol. The van der Waals surface area contributed by atoms with Crippen LogP contribution in [0.5, 0.6) is 0 Å². The summed E-state index contributed by atoms with van der Waals surface area (Å²) in [5, 5.41) is 15.6. The summed E-state index contributed by atoms with van der Waals surface area (Å²) in [5.74, 6) is 3.24. The maximum absolute atomic E-state index is 13.2. The number of piperidine rings is 1. The third-order valence-corrected chi connectivity index (χ3v) is 9.23. The average molecular weight is 515 g/mol. The number of aromatic nitrogens is 2. The fraction of sp³-hybridized carbons (Fsp3) is 0.560. The number of guanidine groups is 1. The molecule has 3 fully saturated rings. The van der Waals surface area contributed by atoms with E-state index in [1.54, 1.807) is 12.1 Å². The molecule has 1 aromatic carbocycles. The molecule has 11 heteroatoms. The van der Waals surface area contributed by atoms with Crippen molar-refractivity contribution < 1.29 is 17.8 Å². The van der Waals surface area contributed by atoms with Crippen LogP contribution < -0.4 is 10.6 Å². The van der Waals surface area contributed by atoms with Gasteiger partial charge in [-0.2, -0.15) is 0 Å². The lowest BCUT2D eigenvalue weighted by Crippen LogP contribution is -2.53. The maximum atomic E-state index is 13.2. The quantitative estimate of drug-likeness (QED) is 0.642. The third-order valence-electron chi connectivity index (χ3n) is 7.55. The summed E-state index contributed by atoms with van der Waals surface area (Å²) < 4.78 is 37.6. The van der Waals surface area contributed by atoms with Crippen LogP contribution in [-0.4, -0.2) is 68.9 Å². The number of aliphatic imine (C=N–C) groups is 1. The van der Waals surface area contributed by atoms with Gasteiger partial charge in [-0.15, -0.1) is 10.2 Å². The van der Waals surface area contributed by atoms with Crippen LogP contribution in [0.4, 0.5) is 4.39 Å². The molecule has 2 aromatic rings.